The summed E-state index contributed by atoms with van der Waals surface area (Å²) >= 11 is 0. The molecule has 0 aliphatic carbocycles. The van der Waals surface area contributed by atoms with E-state index in [4.69, 9.17) is 11.5 Å². The third-order valence-corrected chi connectivity index (χ3v) is 1.63. The van der Waals surface area contributed by atoms with Crippen LogP contribution in [0.25, 0.3) is 0 Å². The smallest absolute Gasteiger partial charge is 0.450 e. The molecular formula is C9H14O3. The molecule has 3 heteroatoms. The van der Waals surface area contributed by atoms with Crippen LogP contribution in [0.15, 0.2) is 0 Å². The Morgan fingerprint density at radius 3 is 2.67 bits per heavy atom. The number of rotatable bonds is 4. The highest BCUT2D eigenvalue weighted by Gasteiger charge is 2.24. The molecule has 1 unspecified atom stereocenters. The first kappa shape index (κ1) is 10.8. The van der Waals surface area contributed by atoms with E-state index in [1.54, 1.807) is 6.92 Å². The van der Waals surface area contributed by atoms with Gasteiger partial charge in [0.25, 0.3) is 0 Å². The molecule has 0 aromatic heterocycles. The number of carbonyl (C=O) groups is 1. The van der Waals surface area contributed by atoms with Gasteiger partial charge in [-0.1, -0.05) is 19.3 Å². The maximum atomic E-state index is 10.2. The van der Waals surface area contributed by atoms with Crippen LogP contribution in [0.3, 0.4) is 0 Å². The molecule has 0 saturated carbocycles. The molecular weight excluding hydrogens is 156 g/mol. The predicted octanol–water partition coefficient (Wildman–Crippen LogP) is 2.26. The van der Waals surface area contributed by atoms with Crippen LogP contribution in [-0.4, -0.2) is 16.9 Å². The number of unbranched alkanes of at least 4 members (excludes halogenated alkanes) is 1. The first-order chi connectivity index (χ1) is 5.54. The minimum atomic E-state index is -1.31. The van der Waals surface area contributed by atoms with E-state index in [1.807, 2.05) is 6.92 Å². The summed E-state index contributed by atoms with van der Waals surface area (Å²) in [6.45, 7) is 3.62. The van der Waals surface area contributed by atoms with Gasteiger partial charge in [0.1, 0.15) is 0 Å². The summed E-state index contributed by atoms with van der Waals surface area (Å²) in [5.41, 5.74) is -0.957. The fourth-order valence-corrected chi connectivity index (χ4v) is 0.859. The first-order valence-electron chi connectivity index (χ1n) is 3.94. The Morgan fingerprint density at radius 2 is 2.33 bits per heavy atom. The second kappa shape index (κ2) is 4.66. The van der Waals surface area contributed by atoms with Gasteiger partial charge in [0.15, 0.2) is 5.60 Å². The summed E-state index contributed by atoms with van der Waals surface area (Å²) in [6.07, 6.45) is 6.26. The molecule has 0 bridgehead atoms. The van der Waals surface area contributed by atoms with Gasteiger partial charge in [0.05, 0.1) is 0 Å². The van der Waals surface area contributed by atoms with Crippen LogP contribution in [0, 0.1) is 12.3 Å². The summed E-state index contributed by atoms with van der Waals surface area (Å²) in [7, 11) is 0. The lowest BCUT2D eigenvalue weighted by Crippen LogP contribution is -2.29. The SMILES string of the molecule is C#CC(C)(CCCC)OC(=O)O. The molecule has 0 amide bonds. The van der Waals surface area contributed by atoms with Crippen molar-refractivity contribution in [2.75, 3.05) is 0 Å². The molecule has 0 radical (unpaired) electrons. The van der Waals surface area contributed by atoms with Gasteiger partial charge in [-0.3, -0.25) is 0 Å². The summed E-state index contributed by atoms with van der Waals surface area (Å²) in [5.74, 6) is 2.34. The van der Waals surface area contributed by atoms with Crippen LogP contribution < -0.4 is 0 Å². The van der Waals surface area contributed by atoms with Crippen molar-refractivity contribution in [2.24, 2.45) is 0 Å². The third-order valence-electron chi connectivity index (χ3n) is 1.63. The first-order valence-corrected chi connectivity index (χ1v) is 3.94. The minimum Gasteiger partial charge on any atom is -0.450 e. The highest BCUT2D eigenvalue weighted by Crippen LogP contribution is 2.17. The van der Waals surface area contributed by atoms with E-state index in [1.165, 1.54) is 0 Å². The quantitative estimate of drug-likeness (QED) is 0.520. The molecule has 68 valence electrons. The largest absolute Gasteiger partial charge is 0.507 e. The molecule has 0 aromatic carbocycles. The van der Waals surface area contributed by atoms with Crippen molar-refractivity contribution in [3.05, 3.63) is 0 Å². The molecule has 12 heavy (non-hydrogen) atoms. The minimum absolute atomic E-state index is 0.576. The maximum absolute atomic E-state index is 10.2. The third kappa shape index (κ3) is 3.87. The molecule has 0 rings (SSSR count). The van der Waals surface area contributed by atoms with Crippen LogP contribution in [0.4, 0.5) is 4.79 Å². The van der Waals surface area contributed by atoms with Crippen LogP contribution in [0.2, 0.25) is 0 Å². The standard InChI is InChI=1S/C9H14O3/c1-4-6-7-9(3,5-2)12-8(10)11/h2H,4,6-7H2,1,3H3,(H,10,11). The highest BCUT2D eigenvalue weighted by atomic mass is 16.7. The summed E-state index contributed by atoms with van der Waals surface area (Å²) in [5, 5.41) is 8.36. The zero-order valence-corrected chi connectivity index (χ0v) is 7.46. The van der Waals surface area contributed by atoms with Gasteiger partial charge in [-0.15, -0.1) is 6.42 Å². The van der Waals surface area contributed by atoms with Crippen molar-refractivity contribution in [3.8, 4) is 12.3 Å². The van der Waals surface area contributed by atoms with Crippen molar-refractivity contribution in [2.45, 2.75) is 38.7 Å². The van der Waals surface area contributed by atoms with Gasteiger partial charge < -0.3 is 9.84 Å². The number of ether oxygens (including phenoxy) is 1. The Kier molecular flexibility index (Phi) is 4.20. The Balaban J connectivity index is 4.07. The molecule has 0 aromatic rings. The molecule has 0 aliphatic rings. The number of carboxylic acid groups (broad SMARTS) is 1. The van der Waals surface area contributed by atoms with Crippen molar-refractivity contribution < 1.29 is 14.6 Å². The highest BCUT2D eigenvalue weighted by molar-refractivity contribution is 5.58. The number of terminal acetylenes is 1. The van der Waals surface area contributed by atoms with Gasteiger partial charge in [-0.2, -0.15) is 0 Å². The van der Waals surface area contributed by atoms with Crippen LogP contribution in [-0.2, 0) is 4.74 Å². The van der Waals surface area contributed by atoms with Gasteiger partial charge in [0, 0.05) is 0 Å². The van der Waals surface area contributed by atoms with E-state index in [9.17, 15) is 4.79 Å². The molecule has 0 spiro atoms. The molecule has 0 fully saturated rings. The van der Waals surface area contributed by atoms with E-state index < -0.39 is 11.8 Å². The Labute approximate surface area is 72.7 Å². The maximum Gasteiger partial charge on any atom is 0.507 e. The van der Waals surface area contributed by atoms with Crippen LogP contribution in [0.5, 0.6) is 0 Å². The Morgan fingerprint density at radius 1 is 1.75 bits per heavy atom. The topological polar surface area (TPSA) is 46.5 Å². The van der Waals surface area contributed by atoms with Gasteiger partial charge >= 0.3 is 6.16 Å². The van der Waals surface area contributed by atoms with Gasteiger partial charge in [-0.25, -0.2) is 4.79 Å². The normalized spacial score (nSPS) is 14.4. The van der Waals surface area contributed by atoms with E-state index in [0.29, 0.717) is 6.42 Å². The van der Waals surface area contributed by atoms with Gasteiger partial charge in [-0.05, 0) is 19.8 Å². The second-order valence-corrected chi connectivity index (χ2v) is 2.85. The van der Waals surface area contributed by atoms with E-state index >= 15 is 0 Å². The molecule has 0 aliphatic heterocycles. The lowest BCUT2D eigenvalue weighted by Gasteiger charge is -2.21. The average molecular weight is 170 g/mol. The fraction of sp³-hybridized carbons (Fsp3) is 0.667. The molecule has 0 saturated heterocycles. The summed E-state index contributed by atoms with van der Waals surface area (Å²) in [4.78, 5) is 10.2. The van der Waals surface area contributed by atoms with Crippen molar-refractivity contribution in [3.63, 3.8) is 0 Å². The van der Waals surface area contributed by atoms with E-state index in [-0.39, 0.29) is 0 Å². The molecule has 0 heterocycles. The average Bonchev–Trinajstić information content (AvgIpc) is 2.00. The van der Waals surface area contributed by atoms with Gasteiger partial charge in [0.2, 0.25) is 0 Å². The summed E-state index contributed by atoms with van der Waals surface area (Å²) < 4.78 is 4.57. The molecule has 1 atom stereocenters. The fourth-order valence-electron chi connectivity index (χ4n) is 0.859. The lowest BCUT2D eigenvalue weighted by atomic mass is 10.0. The van der Waals surface area contributed by atoms with Crippen LogP contribution in [0.1, 0.15) is 33.1 Å². The zero-order valence-electron chi connectivity index (χ0n) is 7.46. The summed E-state index contributed by atoms with van der Waals surface area (Å²) in [6, 6.07) is 0. The lowest BCUT2D eigenvalue weighted by molar-refractivity contribution is 0.0207. The number of hydrogen-bond acceptors (Lipinski definition) is 2. The zero-order chi connectivity index (χ0) is 9.61. The van der Waals surface area contributed by atoms with Crippen molar-refractivity contribution >= 4 is 6.16 Å². The Hall–Kier alpha value is -1.17. The number of hydrogen-bond donors (Lipinski definition) is 1. The predicted molar refractivity (Wildman–Crippen MR) is 45.9 cm³/mol. The second-order valence-electron chi connectivity index (χ2n) is 2.85. The van der Waals surface area contributed by atoms with Crippen molar-refractivity contribution in [1.82, 2.24) is 0 Å². The monoisotopic (exact) mass is 170 g/mol. The van der Waals surface area contributed by atoms with Crippen molar-refractivity contribution in [1.29, 1.82) is 0 Å². The Bertz CT molecular complexity index is 192. The van der Waals surface area contributed by atoms with Crippen LogP contribution >= 0.6 is 0 Å². The molecule has 3 nitrogen and oxygen atoms in total. The van der Waals surface area contributed by atoms with E-state index in [2.05, 4.69) is 10.7 Å². The van der Waals surface area contributed by atoms with E-state index in [0.717, 1.165) is 12.8 Å². The molecule has 1 N–H and O–H groups in total.